The van der Waals surface area contributed by atoms with Gasteiger partial charge in [-0.15, -0.1) is 0 Å². The molecule has 0 saturated carbocycles. The summed E-state index contributed by atoms with van der Waals surface area (Å²) >= 11 is 0. The van der Waals surface area contributed by atoms with E-state index in [2.05, 4.69) is 0 Å². The van der Waals surface area contributed by atoms with Crippen molar-refractivity contribution in [3.8, 4) is 0 Å². The van der Waals surface area contributed by atoms with Crippen LogP contribution in [-0.2, 0) is 0 Å². The number of aliphatic hydroxyl groups excluding tert-OH is 1. The summed E-state index contributed by atoms with van der Waals surface area (Å²) in [7, 11) is 0. The lowest BCUT2D eigenvalue weighted by Crippen LogP contribution is -2.21. The molecule has 1 unspecified atom stereocenters. The van der Waals surface area contributed by atoms with Crippen molar-refractivity contribution in [3.63, 3.8) is 0 Å². The molecular weight excluding hydrogens is 219 g/mol. The van der Waals surface area contributed by atoms with Crippen LogP contribution >= 0.6 is 0 Å². The van der Waals surface area contributed by atoms with E-state index in [0.29, 0.717) is 19.5 Å². The van der Waals surface area contributed by atoms with E-state index in [1.807, 2.05) is 0 Å². The molecule has 5 heteroatoms. The third-order valence-electron chi connectivity index (χ3n) is 2.98. The number of nitrogens with zero attached hydrogens (tertiary/aromatic N) is 1. The molecule has 88 valence electrons. The van der Waals surface area contributed by atoms with Crippen LogP contribution in [0.1, 0.15) is 17.9 Å². The van der Waals surface area contributed by atoms with Crippen molar-refractivity contribution in [1.82, 2.24) is 4.90 Å². The van der Waals surface area contributed by atoms with Gasteiger partial charge in [-0.25, -0.2) is 13.2 Å². The van der Waals surface area contributed by atoms with Crippen LogP contribution in [0.25, 0.3) is 0 Å². The minimum atomic E-state index is -1.42. The average Bonchev–Trinajstić information content (AvgIpc) is 2.74. The molecule has 1 heterocycles. The van der Waals surface area contributed by atoms with E-state index >= 15 is 0 Å². The molecule has 0 spiro atoms. The topological polar surface area (TPSA) is 23.5 Å². The highest BCUT2D eigenvalue weighted by molar-refractivity contribution is 5.25. The normalized spacial score (nSPS) is 21.6. The largest absolute Gasteiger partial charge is 0.381 e. The van der Waals surface area contributed by atoms with E-state index in [9.17, 15) is 13.2 Å². The van der Waals surface area contributed by atoms with Gasteiger partial charge < -0.3 is 5.11 Å². The molecule has 1 aromatic carbocycles. The first-order chi connectivity index (χ1) is 7.63. The minimum Gasteiger partial charge on any atom is -0.381 e. The number of hydrogen-bond acceptors (Lipinski definition) is 2. The summed E-state index contributed by atoms with van der Waals surface area (Å²) in [6.45, 7) is 1.01. The van der Waals surface area contributed by atoms with Gasteiger partial charge in [0.1, 0.15) is 0 Å². The van der Waals surface area contributed by atoms with Crippen molar-refractivity contribution in [3.05, 3.63) is 35.1 Å². The van der Waals surface area contributed by atoms with E-state index in [1.54, 1.807) is 4.90 Å². The fourth-order valence-electron chi connectivity index (χ4n) is 2.07. The Balaban J connectivity index is 2.25. The van der Waals surface area contributed by atoms with Gasteiger partial charge in [0.05, 0.1) is 6.73 Å². The summed E-state index contributed by atoms with van der Waals surface area (Å²) in [6, 6.07) is 2.22. The Labute approximate surface area is 91.3 Å². The lowest BCUT2D eigenvalue weighted by atomic mass is 9.97. The van der Waals surface area contributed by atoms with Gasteiger partial charge in [0.2, 0.25) is 0 Å². The van der Waals surface area contributed by atoms with Crippen molar-refractivity contribution < 1.29 is 18.3 Å². The Bertz CT molecular complexity index is 397. The molecule has 0 aliphatic carbocycles. The third-order valence-corrected chi connectivity index (χ3v) is 2.98. The highest BCUT2D eigenvalue weighted by atomic mass is 19.2. The zero-order valence-electron chi connectivity index (χ0n) is 8.59. The zero-order valence-corrected chi connectivity index (χ0v) is 8.59. The van der Waals surface area contributed by atoms with Crippen LogP contribution < -0.4 is 0 Å². The van der Waals surface area contributed by atoms with Gasteiger partial charge in [0.25, 0.3) is 0 Å². The van der Waals surface area contributed by atoms with Gasteiger partial charge in [-0.3, -0.25) is 4.90 Å². The summed E-state index contributed by atoms with van der Waals surface area (Å²) < 4.78 is 39.2. The number of rotatable bonds is 2. The smallest absolute Gasteiger partial charge is 0.194 e. The predicted molar refractivity (Wildman–Crippen MR) is 52.3 cm³/mol. The first kappa shape index (κ1) is 11.4. The minimum absolute atomic E-state index is 0.0954. The van der Waals surface area contributed by atoms with E-state index in [0.717, 1.165) is 6.07 Å². The monoisotopic (exact) mass is 231 g/mol. The second-order valence-corrected chi connectivity index (χ2v) is 3.97. The van der Waals surface area contributed by atoms with Crippen LogP contribution in [0.15, 0.2) is 12.1 Å². The molecule has 1 fully saturated rings. The van der Waals surface area contributed by atoms with Crippen LogP contribution in [0.5, 0.6) is 0 Å². The number of likely N-dealkylation sites (tertiary alicyclic amines) is 1. The number of hydrogen-bond donors (Lipinski definition) is 1. The van der Waals surface area contributed by atoms with Crippen molar-refractivity contribution >= 4 is 0 Å². The molecule has 1 aliphatic rings. The Hall–Kier alpha value is -1.07. The molecule has 1 aliphatic heterocycles. The van der Waals surface area contributed by atoms with E-state index in [1.165, 1.54) is 6.07 Å². The zero-order chi connectivity index (χ0) is 11.7. The van der Waals surface area contributed by atoms with Crippen LogP contribution in [0.2, 0.25) is 0 Å². The van der Waals surface area contributed by atoms with Gasteiger partial charge in [0, 0.05) is 19.0 Å². The lowest BCUT2D eigenvalue weighted by Gasteiger charge is -2.13. The van der Waals surface area contributed by atoms with Gasteiger partial charge >= 0.3 is 0 Å². The fraction of sp³-hybridized carbons (Fsp3) is 0.455. The molecule has 2 nitrogen and oxygen atoms in total. The number of aliphatic hydroxyl groups is 1. The molecule has 0 aromatic heterocycles. The van der Waals surface area contributed by atoms with Crippen molar-refractivity contribution in [2.24, 2.45) is 0 Å². The van der Waals surface area contributed by atoms with Crippen molar-refractivity contribution in [2.45, 2.75) is 12.3 Å². The highest BCUT2D eigenvalue weighted by Crippen LogP contribution is 2.30. The molecule has 1 aromatic rings. The quantitative estimate of drug-likeness (QED) is 0.785. The summed E-state index contributed by atoms with van der Waals surface area (Å²) in [4.78, 5) is 1.73. The van der Waals surface area contributed by atoms with Gasteiger partial charge in [0.15, 0.2) is 17.5 Å². The molecule has 1 atom stereocenters. The Kier molecular flexibility index (Phi) is 3.16. The summed E-state index contributed by atoms with van der Waals surface area (Å²) in [5.41, 5.74) is 0.190. The molecule has 1 N–H and O–H groups in total. The molecule has 0 bridgehead atoms. The average molecular weight is 231 g/mol. The second-order valence-electron chi connectivity index (χ2n) is 3.97. The highest BCUT2D eigenvalue weighted by Gasteiger charge is 2.27. The first-order valence-electron chi connectivity index (χ1n) is 5.10. The van der Waals surface area contributed by atoms with E-state index in [-0.39, 0.29) is 18.2 Å². The Morgan fingerprint density at radius 2 is 2.00 bits per heavy atom. The SMILES string of the molecule is OCN1CCC(c2ccc(F)c(F)c2F)C1. The molecule has 0 amide bonds. The molecular formula is C11H12F3NO. The van der Waals surface area contributed by atoms with Crippen LogP contribution in [-0.4, -0.2) is 29.8 Å². The maximum absolute atomic E-state index is 13.4. The fourth-order valence-corrected chi connectivity index (χ4v) is 2.07. The van der Waals surface area contributed by atoms with Crippen molar-refractivity contribution in [1.29, 1.82) is 0 Å². The molecule has 2 rings (SSSR count). The van der Waals surface area contributed by atoms with E-state index in [4.69, 9.17) is 5.11 Å². The maximum atomic E-state index is 13.4. The van der Waals surface area contributed by atoms with Crippen molar-refractivity contribution in [2.75, 3.05) is 19.8 Å². The Morgan fingerprint density at radius 1 is 1.25 bits per heavy atom. The third kappa shape index (κ3) is 1.92. The molecule has 0 radical (unpaired) electrons. The predicted octanol–water partition coefficient (Wildman–Crippen LogP) is 1.84. The van der Waals surface area contributed by atoms with Gasteiger partial charge in [-0.2, -0.15) is 0 Å². The molecule has 1 saturated heterocycles. The van der Waals surface area contributed by atoms with Crippen LogP contribution in [0.4, 0.5) is 13.2 Å². The first-order valence-corrected chi connectivity index (χ1v) is 5.10. The van der Waals surface area contributed by atoms with Gasteiger partial charge in [-0.05, 0) is 18.1 Å². The summed E-state index contributed by atoms with van der Waals surface area (Å²) in [5, 5.41) is 8.90. The maximum Gasteiger partial charge on any atom is 0.194 e. The lowest BCUT2D eigenvalue weighted by molar-refractivity contribution is 0.130. The number of benzene rings is 1. The second kappa shape index (κ2) is 4.43. The van der Waals surface area contributed by atoms with Gasteiger partial charge in [-0.1, -0.05) is 6.07 Å². The Morgan fingerprint density at radius 3 is 2.62 bits per heavy atom. The standard InChI is InChI=1S/C11H12F3NO/c12-9-2-1-8(10(13)11(9)14)7-3-4-15(5-7)6-16/h1-2,7,16H,3-6H2. The summed E-state index contributed by atoms with van der Waals surface area (Å²) in [6.07, 6.45) is 0.641. The van der Waals surface area contributed by atoms with Crippen LogP contribution in [0.3, 0.4) is 0 Å². The van der Waals surface area contributed by atoms with Crippen LogP contribution in [0, 0.1) is 17.5 Å². The number of halogens is 3. The molecule has 16 heavy (non-hydrogen) atoms. The van der Waals surface area contributed by atoms with E-state index < -0.39 is 17.5 Å². The summed E-state index contributed by atoms with van der Waals surface area (Å²) in [5.74, 6) is -3.87.